The van der Waals surface area contributed by atoms with Crippen LogP contribution < -0.4 is 10.5 Å². The third-order valence-corrected chi connectivity index (χ3v) is 4.76. The van der Waals surface area contributed by atoms with E-state index >= 15 is 0 Å². The maximum absolute atomic E-state index is 13.1. The summed E-state index contributed by atoms with van der Waals surface area (Å²) in [6.07, 6.45) is -0.885. The van der Waals surface area contributed by atoms with Crippen LogP contribution in [0, 0.1) is 0 Å². The number of ether oxygens (including phenoxy) is 1. The number of carboxylic acids is 1. The van der Waals surface area contributed by atoms with E-state index < -0.39 is 18.1 Å². The highest BCUT2D eigenvalue weighted by atomic mass is 16.6. The number of benzene rings is 2. The number of amides is 1. The van der Waals surface area contributed by atoms with Crippen LogP contribution in [0.15, 0.2) is 83.7 Å². The van der Waals surface area contributed by atoms with E-state index in [4.69, 9.17) is 4.74 Å². The van der Waals surface area contributed by atoms with Crippen LogP contribution in [0.1, 0.15) is 30.5 Å². The number of hydrogen-bond donors (Lipinski definition) is 1. The summed E-state index contributed by atoms with van der Waals surface area (Å²) in [7, 11) is 0. The van der Waals surface area contributed by atoms with E-state index in [0.29, 0.717) is 0 Å². The Morgan fingerprint density at radius 3 is 2.16 bits per heavy atom. The van der Waals surface area contributed by atoms with Gasteiger partial charge in [0, 0.05) is 12.1 Å². The fourth-order valence-corrected chi connectivity index (χ4v) is 3.30. The van der Waals surface area contributed by atoms with Crippen LogP contribution in [0.4, 0.5) is 10.6 Å². The summed E-state index contributed by atoms with van der Waals surface area (Å²) in [5, 5.41) is 9.20. The summed E-state index contributed by atoms with van der Waals surface area (Å²) in [4.78, 5) is 38.3. The molecule has 0 saturated carbocycles. The molecule has 3 aromatic rings. The normalized spacial score (nSPS) is 11.5. The molecule has 3 rings (SSSR count). The van der Waals surface area contributed by atoms with Crippen molar-refractivity contribution in [1.82, 2.24) is 4.57 Å². The minimum absolute atomic E-state index is 0.0761. The van der Waals surface area contributed by atoms with E-state index in [1.54, 1.807) is 19.1 Å². The molecular formula is C24H24N2O5. The molecule has 0 bridgehead atoms. The summed E-state index contributed by atoms with van der Waals surface area (Å²) in [6.45, 7) is 1.87. The van der Waals surface area contributed by atoms with Crippen molar-refractivity contribution < 1.29 is 19.4 Å². The van der Waals surface area contributed by atoms with Gasteiger partial charge in [0.25, 0.3) is 5.56 Å². The number of rotatable bonds is 8. The van der Waals surface area contributed by atoms with Crippen molar-refractivity contribution in [1.29, 1.82) is 0 Å². The van der Waals surface area contributed by atoms with Crippen molar-refractivity contribution in [2.75, 3.05) is 4.90 Å². The molecule has 0 spiro atoms. The van der Waals surface area contributed by atoms with Crippen LogP contribution in [-0.2, 0) is 22.7 Å². The van der Waals surface area contributed by atoms with Gasteiger partial charge in [-0.1, -0.05) is 66.7 Å². The molecule has 0 radical (unpaired) electrons. The summed E-state index contributed by atoms with van der Waals surface area (Å²) in [5.74, 6) is -0.751. The first-order chi connectivity index (χ1) is 15.0. The third-order valence-electron chi connectivity index (χ3n) is 4.76. The van der Waals surface area contributed by atoms with Gasteiger partial charge in [-0.2, -0.15) is 0 Å². The van der Waals surface area contributed by atoms with Crippen LogP contribution in [0.2, 0.25) is 0 Å². The van der Waals surface area contributed by atoms with Crippen LogP contribution in [0.3, 0.4) is 0 Å². The molecule has 0 aliphatic heterocycles. The zero-order valence-corrected chi connectivity index (χ0v) is 17.2. The van der Waals surface area contributed by atoms with Crippen molar-refractivity contribution in [3.63, 3.8) is 0 Å². The number of aliphatic carboxylic acids is 1. The number of pyridine rings is 1. The lowest BCUT2D eigenvalue weighted by Gasteiger charge is -2.27. The average Bonchev–Trinajstić information content (AvgIpc) is 2.76. The van der Waals surface area contributed by atoms with Crippen molar-refractivity contribution in [3.05, 3.63) is 100 Å². The zero-order chi connectivity index (χ0) is 22.2. The lowest BCUT2D eigenvalue weighted by molar-refractivity contribution is -0.137. The molecule has 1 atom stereocenters. The van der Waals surface area contributed by atoms with Gasteiger partial charge in [0.05, 0.1) is 13.0 Å². The average molecular weight is 420 g/mol. The number of carbonyl (C=O) groups is 2. The van der Waals surface area contributed by atoms with Crippen molar-refractivity contribution in [3.8, 4) is 0 Å². The number of aromatic nitrogens is 1. The van der Waals surface area contributed by atoms with Crippen molar-refractivity contribution in [2.45, 2.75) is 32.5 Å². The topological polar surface area (TPSA) is 88.8 Å². The molecule has 0 saturated heterocycles. The number of carboxylic acid groups (broad SMARTS) is 1. The highest BCUT2D eigenvalue weighted by molar-refractivity contribution is 5.86. The summed E-state index contributed by atoms with van der Waals surface area (Å²) >= 11 is 0. The predicted octanol–water partition coefficient (Wildman–Crippen LogP) is 4.23. The third kappa shape index (κ3) is 5.82. The lowest BCUT2D eigenvalue weighted by atomic mass is 10.2. The second kappa shape index (κ2) is 10.2. The first-order valence-electron chi connectivity index (χ1n) is 9.91. The number of hydrogen-bond acceptors (Lipinski definition) is 4. The van der Waals surface area contributed by atoms with E-state index in [1.165, 1.54) is 15.5 Å². The van der Waals surface area contributed by atoms with Gasteiger partial charge in [-0.3, -0.25) is 19.1 Å². The molecule has 7 heteroatoms. The molecule has 31 heavy (non-hydrogen) atoms. The summed E-state index contributed by atoms with van der Waals surface area (Å²) in [6, 6.07) is 22.4. The van der Waals surface area contributed by atoms with Gasteiger partial charge >= 0.3 is 12.1 Å². The highest BCUT2D eigenvalue weighted by Crippen LogP contribution is 2.23. The molecule has 2 aromatic carbocycles. The van der Waals surface area contributed by atoms with E-state index in [0.717, 1.165) is 11.1 Å². The number of carbonyl (C=O) groups excluding carboxylic acids is 1. The molecule has 0 aliphatic carbocycles. The Kier molecular flexibility index (Phi) is 7.22. The minimum atomic E-state index is -1.03. The van der Waals surface area contributed by atoms with Gasteiger partial charge in [-0.05, 0) is 24.1 Å². The Morgan fingerprint density at radius 2 is 1.55 bits per heavy atom. The Morgan fingerprint density at radius 1 is 0.935 bits per heavy atom. The Balaban J connectivity index is 1.96. The van der Waals surface area contributed by atoms with Gasteiger partial charge in [0.15, 0.2) is 0 Å². The fraction of sp³-hybridized carbons (Fsp3) is 0.208. The molecule has 160 valence electrons. The van der Waals surface area contributed by atoms with E-state index in [1.807, 2.05) is 60.7 Å². The molecule has 0 fully saturated rings. The smallest absolute Gasteiger partial charge is 0.416 e. The van der Waals surface area contributed by atoms with Crippen molar-refractivity contribution >= 4 is 17.9 Å². The molecule has 0 aliphatic rings. The van der Waals surface area contributed by atoms with Crippen LogP contribution in [0.5, 0.6) is 0 Å². The summed E-state index contributed by atoms with van der Waals surface area (Å²) < 4.78 is 6.85. The highest BCUT2D eigenvalue weighted by Gasteiger charge is 2.24. The van der Waals surface area contributed by atoms with Gasteiger partial charge in [-0.15, -0.1) is 0 Å². The first kappa shape index (κ1) is 21.8. The molecule has 1 amide bonds. The second-order valence-corrected chi connectivity index (χ2v) is 7.15. The fourth-order valence-electron chi connectivity index (χ4n) is 3.30. The Hall–Kier alpha value is -3.87. The molecule has 1 heterocycles. The number of anilines is 1. The Bertz CT molecular complexity index is 1080. The quantitative estimate of drug-likeness (QED) is 0.589. The van der Waals surface area contributed by atoms with E-state index in [2.05, 4.69) is 0 Å². The van der Waals surface area contributed by atoms with Crippen LogP contribution >= 0.6 is 0 Å². The molecule has 1 aromatic heterocycles. The van der Waals surface area contributed by atoms with Gasteiger partial charge in [0.2, 0.25) is 0 Å². The second-order valence-electron chi connectivity index (χ2n) is 7.15. The van der Waals surface area contributed by atoms with Crippen molar-refractivity contribution in [2.24, 2.45) is 0 Å². The lowest BCUT2D eigenvalue weighted by Crippen LogP contribution is -2.37. The largest absolute Gasteiger partial charge is 0.481 e. The summed E-state index contributed by atoms with van der Waals surface area (Å²) in [5.41, 5.74) is 1.29. The zero-order valence-electron chi connectivity index (χ0n) is 17.2. The van der Waals surface area contributed by atoms with Gasteiger partial charge in [0.1, 0.15) is 12.4 Å². The number of nitrogens with zero attached hydrogens (tertiary/aromatic N) is 2. The molecular weight excluding hydrogens is 396 g/mol. The molecule has 7 nitrogen and oxygen atoms in total. The molecule has 1 N–H and O–H groups in total. The van der Waals surface area contributed by atoms with Crippen LogP contribution in [-0.4, -0.2) is 21.7 Å². The standard InChI is InChI=1S/C24H24N2O5/c1-18(15-23(28)29)26-21(13-8-14-22(26)27)25(16-19-9-4-2-5-10-19)24(30)31-17-20-11-6-3-7-12-20/h2-14,18H,15-17H2,1H3,(H,28,29)/t18-/m0/s1. The van der Waals surface area contributed by atoms with E-state index in [-0.39, 0.29) is 30.9 Å². The maximum atomic E-state index is 13.1. The Labute approximate surface area is 180 Å². The maximum Gasteiger partial charge on any atom is 0.416 e. The van der Waals surface area contributed by atoms with E-state index in [9.17, 15) is 19.5 Å². The first-order valence-corrected chi connectivity index (χ1v) is 9.91. The van der Waals surface area contributed by atoms with Gasteiger partial charge < -0.3 is 9.84 Å². The van der Waals surface area contributed by atoms with Crippen LogP contribution in [0.25, 0.3) is 0 Å². The predicted molar refractivity (Wildman–Crippen MR) is 117 cm³/mol. The van der Waals surface area contributed by atoms with Gasteiger partial charge in [-0.25, -0.2) is 4.79 Å². The SMILES string of the molecule is C[C@@H](CC(=O)O)n1c(N(Cc2ccccc2)C(=O)OCc2ccccc2)cccc1=O. The minimum Gasteiger partial charge on any atom is -0.481 e. The molecule has 0 unspecified atom stereocenters. The monoisotopic (exact) mass is 420 g/mol.